The highest BCUT2D eigenvalue weighted by Gasteiger charge is 2.34. The molecule has 0 spiro atoms. The van der Waals surface area contributed by atoms with Crippen LogP contribution in [0.4, 0.5) is 5.69 Å². The minimum Gasteiger partial charge on any atom is -0.497 e. The molecule has 1 aliphatic carbocycles. The molecule has 6 nitrogen and oxygen atoms in total. The zero-order valence-electron chi connectivity index (χ0n) is 15.9. The minimum atomic E-state index is -0.00215. The van der Waals surface area contributed by atoms with Crippen molar-refractivity contribution < 1.29 is 14.3 Å². The topological polar surface area (TPSA) is 62.8 Å². The molecule has 1 saturated carbocycles. The van der Waals surface area contributed by atoms with Crippen LogP contribution in [0, 0.1) is 0 Å². The van der Waals surface area contributed by atoms with Crippen LogP contribution >= 0.6 is 0 Å². The van der Waals surface area contributed by atoms with Gasteiger partial charge in [0.05, 0.1) is 7.11 Å². The summed E-state index contributed by atoms with van der Waals surface area (Å²) in [5.74, 6) is 0.894. The molecule has 0 bridgehead atoms. The molecule has 26 heavy (non-hydrogen) atoms. The van der Waals surface area contributed by atoms with E-state index in [0.717, 1.165) is 44.5 Å². The molecule has 0 aromatic heterocycles. The normalized spacial score (nSPS) is 23.4. The van der Waals surface area contributed by atoms with Crippen molar-refractivity contribution in [2.45, 2.75) is 50.7 Å². The van der Waals surface area contributed by atoms with E-state index in [0.29, 0.717) is 18.7 Å². The van der Waals surface area contributed by atoms with Crippen LogP contribution in [-0.4, -0.2) is 57.4 Å². The number of nitrogens with one attached hydrogen (secondary N) is 2. The van der Waals surface area contributed by atoms with Gasteiger partial charge in [-0.25, -0.2) is 0 Å². The molecule has 2 N–H and O–H groups in total. The van der Waals surface area contributed by atoms with E-state index in [-0.39, 0.29) is 18.6 Å². The van der Waals surface area contributed by atoms with Gasteiger partial charge in [-0.1, -0.05) is 0 Å². The Morgan fingerprint density at radius 1 is 1.12 bits per heavy atom. The Bertz CT molecular complexity index is 570. The summed E-state index contributed by atoms with van der Waals surface area (Å²) in [5.41, 5.74) is 1.26. The number of methoxy groups -OCH3 is 1. The molecule has 3 rings (SSSR count). The lowest BCUT2D eigenvalue weighted by Gasteiger charge is -2.42. The summed E-state index contributed by atoms with van der Waals surface area (Å²) in [4.78, 5) is 14.2. The third-order valence-corrected chi connectivity index (χ3v) is 5.44. The van der Waals surface area contributed by atoms with Crippen LogP contribution < -0.4 is 20.3 Å². The van der Waals surface area contributed by atoms with E-state index in [9.17, 15) is 4.79 Å². The van der Waals surface area contributed by atoms with Gasteiger partial charge in [-0.05, 0) is 56.9 Å². The van der Waals surface area contributed by atoms with Gasteiger partial charge in [-0.3, -0.25) is 4.79 Å². The lowest BCUT2D eigenvalue weighted by molar-refractivity contribution is -0.127. The Morgan fingerprint density at radius 2 is 1.81 bits per heavy atom. The smallest absolute Gasteiger partial charge is 0.246 e. The van der Waals surface area contributed by atoms with Crippen molar-refractivity contribution in [3.05, 3.63) is 24.3 Å². The number of hydrogen-bond donors (Lipinski definition) is 2. The number of benzene rings is 1. The highest BCUT2D eigenvalue weighted by molar-refractivity contribution is 5.77. The maximum absolute atomic E-state index is 11.8. The minimum absolute atomic E-state index is 0.00215. The quantitative estimate of drug-likeness (QED) is 0.741. The Hall–Kier alpha value is -1.79. The molecule has 1 aliphatic heterocycles. The van der Waals surface area contributed by atoms with Crippen molar-refractivity contribution in [1.29, 1.82) is 0 Å². The Kier molecular flexibility index (Phi) is 6.74. The van der Waals surface area contributed by atoms with Crippen molar-refractivity contribution in [2.75, 3.05) is 38.3 Å². The summed E-state index contributed by atoms with van der Waals surface area (Å²) < 4.78 is 10.4. The molecule has 1 amide bonds. The van der Waals surface area contributed by atoms with Gasteiger partial charge in [0.15, 0.2) is 0 Å². The van der Waals surface area contributed by atoms with Crippen molar-refractivity contribution in [3.8, 4) is 5.75 Å². The first-order valence-electron chi connectivity index (χ1n) is 9.71. The molecule has 2 atom stereocenters. The maximum Gasteiger partial charge on any atom is 0.246 e. The summed E-state index contributed by atoms with van der Waals surface area (Å²) in [6.07, 6.45) is 4.45. The molecule has 144 valence electrons. The van der Waals surface area contributed by atoms with E-state index < -0.39 is 0 Å². The molecule has 1 heterocycles. The average molecular weight is 361 g/mol. The molecular weight excluding hydrogens is 330 g/mol. The van der Waals surface area contributed by atoms with Gasteiger partial charge in [-0.2, -0.15) is 0 Å². The second-order valence-corrected chi connectivity index (χ2v) is 7.12. The van der Waals surface area contributed by atoms with E-state index in [2.05, 4.69) is 27.7 Å². The van der Waals surface area contributed by atoms with Crippen LogP contribution in [0.1, 0.15) is 32.6 Å². The number of rotatable bonds is 8. The van der Waals surface area contributed by atoms with Crippen LogP contribution in [-0.2, 0) is 9.53 Å². The van der Waals surface area contributed by atoms with Gasteiger partial charge >= 0.3 is 0 Å². The molecule has 1 saturated heterocycles. The molecule has 0 radical (unpaired) electrons. The second kappa shape index (κ2) is 9.24. The van der Waals surface area contributed by atoms with E-state index in [1.54, 1.807) is 7.11 Å². The number of nitrogens with zero attached hydrogens (tertiary/aromatic N) is 1. The number of piperidine rings is 1. The van der Waals surface area contributed by atoms with E-state index >= 15 is 0 Å². The van der Waals surface area contributed by atoms with Gasteiger partial charge in [0.2, 0.25) is 5.91 Å². The molecular formula is C20H31N3O3. The van der Waals surface area contributed by atoms with Crippen LogP contribution in [0.15, 0.2) is 24.3 Å². The monoisotopic (exact) mass is 361 g/mol. The maximum atomic E-state index is 11.8. The summed E-state index contributed by atoms with van der Waals surface area (Å²) in [7, 11) is 1.69. The number of carbonyl (C=O) groups is 1. The lowest BCUT2D eigenvalue weighted by atomic mass is 9.85. The van der Waals surface area contributed by atoms with Crippen molar-refractivity contribution in [1.82, 2.24) is 10.6 Å². The number of ether oxygens (including phenoxy) is 2. The van der Waals surface area contributed by atoms with E-state index in [4.69, 9.17) is 9.47 Å². The number of hydrogen-bond acceptors (Lipinski definition) is 5. The Morgan fingerprint density at radius 3 is 2.38 bits per heavy atom. The zero-order chi connectivity index (χ0) is 18.4. The SMILES string of the molecule is CCOCC(=O)N[C@H]1CC[C@H]1NC1CCN(c2ccc(OC)cc2)CC1. The van der Waals surface area contributed by atoms with E-state index in [1.807, 2.05) is 19.1 Å². The zero-order valence-corrected chi connectivity index (χ0v) is 15.9. The first-order valence-corrected chi connectivity index (χ1v) is 9.71. The van der Waals surface area contributed by atoms with Crippen LogP contribution in [0.3, 0.4) is 0 Å². The van der Waals surface area contributed by atoms with Gasteiger partial charge in [0, 0.05) is 43.5 Å². The highest BCUT2D eigenvalue weighted by Crippen LogP contribution is 2.25. The predicted octanol–water partition coefficient (Wildman–Crippen LogP) is 1.94. The molecule has 2 aliphatic rings. The van der Waals surface area contributed by atoms with Crippen LogP contribution in [0.25, 0.3) is 0 Å². The summed E-state index contributed by atoms with van der Waals surface area (Å²) in [6.45, 7) is 4.75. The van der Waals surface area contributed by atoms with Gasteiger partial charge in [0.25, 0.3) is 0 Å². The number of amides is 1. The summed E-state index contributed by atoms with van der Waals surface area (Å²) >= 11 is 0. The molecule has 2 fully saturated rings. The number of carbonyl (C=O) groups excluding carboxylic acids is 1. The van der Waals surface area contributed by atoms with Crippen molar-refractivity contribution in [2.24, 2.45) is 0 Å². The third-order valence-electron chi connectivity index (χ3n) is 5.44. The first kappa shape index (κ1) is 19.0. The van der Waals surface area contributed by atoms with Gasteiger partial charge in [0.1, 0.15) is 12.4 Å². The Balaban J connectivity index is 1.40. The molecule has 6 heteroatoms. The summed E-state index contributed by atoms with van der Waals surface area (Å²) in [6, 6.07) is 9.47. The van der Waals surface area contributed by atoms with Crippen molar-refractivity contribution >= 4 is 11.6 Å². The van der Waals surface area contributed by atoms with E-state index in [1.165, 1.54) is 5.69 Å². The average Bonchev–Trinajstić information content (AvgIpc) is 2.68. The fourth-order valence-electron chi connectivity index (χ4n) is 3.72. The summed E-state index contributed by atoms with van der Waals surface area (Å²) in [5, 5.41) is 6.84. The highest BCUT2D eigenvalue weighted by atomic mass is 16.5. The Labute approximate surface area is 156 Å². The van der Waals surface area contributed by atoms with Crippen molar-refractivity contribution in [3.63, 3.8) is 0 Å². The predicted molar refractivity (Wildman–Crippen MR) is 103 cm³/mol. The fraction of sp³-hybridized carbons (Fsp3) is 0.650. The van der Waals surface area contributed by atoms with Gasteiger partial charge < -0.3 is 25.0 Å². The second-order valence-electron chi connectivity index (χ2n) is 7.12. The standard InChI is InChI=1S/C20H31N3O3/c1-3-26-14-20(24)22-19-9-8-18(19)21-15-10-12-23(13-11-15)16-4-6-17(25-2)7-5-16/h4-7,15,18-19,21H,3,8-14H2,1-2H3,(H,22,24)/t18-,19+/m1/s1. The van der Waals surface area contributed by atoms with Crippen LogP contribution in [0.5, 0.6) is 5.75 Å². The molecule has 1 aromatic rings. The van der Waals surface area contributed by atoms with Gasteiger partial charge in [-0.15, -0.1) is 0 Å². The fourth-order valence-corrected chi connectivity index (χ4v) is 3.72. The third kappa shape index (κ3) is 4.89. The molecule has 0 unspecified atom stereocenters. The largest absolute Gasteiger partial charge is 0.497 e. The first-order chi connectivity index (χ1) is 12.7. The molecule has 1 aromatic carbocycles. The number of anilines is 1. The lowest BCUT2D eigenvalue weighted by Crippen LogP contribution is -2.60. The van der Waals surface area contributed by atoms with Crippen LogP contribution in [0.2, 0.25) is 0 Å².